The molecule has 0 aromatic heterocycles. The van der Waals surface area contributed by atoms with Gasteiger partial charge in [-0.05, 0) is 43.3 Å². The third kappa shape index (κ3) is 2.80. The number of anilines is 1. The van der Waals surface area contributed by atoms with Crippen LogP contribution in [0.4, 0.5) is 5.69 Å². The summed E-state index contributed by atoms with van der Waals surface area (Å²) in [6.07, 6.45) is 0. The van der Waals surface area contributed by atoms with Gasteiger partial charge >= 0.3 is 0 Å². The Bertz CT molecular complexity index is 797. The van der Waals surface area contributed by atoms with Crippen LogP contribution in [0.3, 0.4) is 0 Å². The molecule has 2 aromatic carbocycles. The van der Waals surface area contributed by atoms with Gasteiger partial charge in [0.1, 0.15) is 0 Å². The first kappa shape index (κ1) is 14.9. The van der Waals surface area contributed by atoms with Crippen molar-refractivity contribution < 1.29 is 9.59 Å². The van der Waals surface area contributed by atoms with Crippen LogP contribution >= 0.6 is 23.4 Å². The average molecular weight is 330 g/mol. The normalized spacial score (nSPS) is 14.2. The summed E-state index contributed by atoms with van der Waals surface area (Å²) in [5.74, 6) is -0.679. The van der Waals surface area contributed by atoms with E-state index in [-0.39, 0.29) is 17.3 Å². The SMILES string of the molecule is CC1=C(C(=O)c2ccc(Cl)cc2)C(=O)Nc2ccccc2S1. The van der Waals surface area contributed by atoms with Gasteiger partial charge < -0.3 is 5.32 Å². The maximum absolute atomic E-state index is 12.7. The Hall–Kier alpha value is -2.04. The fourth-order valence-corrected chi connectivity index (χ4v) is 3.35. The number of Topliss-reactive ketones (excluding diaryl/α,β-unsaturated/α-hetero) is 1. The molecule has 0 saturated heterocycles. The number of ketones is 1. The van der Waals surface area contributed by atoms with Crippen molar-refractivity contribution in [1.82, 2.24) is 0 Å². The van der Waals surface area contributed by atoms with Gasteiger partial charge in [-0.25, -0.2) is 0 Å². The number of hydrogen-bond acceptors (Lipinski definition) is 3. The zero-order chi connectivity index (χ0) is 15.7. The van der Waals surface area contributed by atoms with Crippen LogP contribution in [0.2, 0.25) is 5.02 Å². The molecule has 1 amide bonds. The number of hydrogen-bond donors (Lipinski definition) is 1. The van der Waals surface area contributed by atoms with Crippen molar-refractivity contribution in [3.8, 4) is 0 Å². The van der Waals surface area contributed by atoms with E-state index in [2.05, 4.69) is 5.32 Å². The lowest BCUT2D eigenvalue weighted by Gasteiger charge is -2.07. The van der Waals surface area contributed by atoms with E-state index < -0.39 is 0 Å². The van der Waals surface area contributed by atoms with Crippen molar-refractivity contribution in [2.75, 3.05) is 5.32 Å². The number of fused-ring (bicyclic) bond motifs is 1. The maximum atomic E-state index is 12.7. The third-order valence-electron chi connectivity index (χ3n) is 3.31. The lowest BCUT2D eigenvalue weighted by Crippen LogP contribution is -2.20. The van der Waals surface area contributed by atoms with E-state index in [1.807, 2.05) is 24.3 Å². The van der Waals surface area contributed by atoms with Gasteiger partial charge in [0.05, 0.1) is 11.3 Å². The smallest absolute Gasteiger partial charge is 0.260 e. The maximum Gasteiger partial charge on any atom is 0.260 e. The number of nitrogens with one attached hydrogen (secondary N) is 1. The third-order valence-corrected chi connectivity index (χ3v) is 4.65. The number of para-hydroxylation sites is 1. The summed E-state index contributed by atoms with van der Waals surface area (Å²) in [6.45, 7) is 1.79. The highest BCUT2D eigenvalue weighted by atomic mass is 35.5. The molecular weight excluding hydrogens is 318 g/mol. The van der Waals surface area contributed by atoms with E-state index in [4.69, 9.17) is 11.6 Å². The molecule has 1 aliphatic rings. The first-order chi connectivity index (χ1) is 10.6. The Balaban J connectivity index is 2.01. The number of carbonyl (C=O) groups is 2. The molecule has 5 heteroatoms. The Morgan fingerprint density at radius 2 is 1.77 bits per heavy atom. The summed E-state index contributed by atoms with van der Waals surface area (Å²) in [5, 5.41) is 3.35. The average Bonchev–Trinajstić information content (AvgIpc) is 2.62. The summed E-state index contributed by atoms with van der Waals surface area (Å²) in [6, 6.07) is 14.0. The lowest BCUT2D eigenvalue weighted by molar-refractivity contribution is -0.112. The number of thioether (sulfide) groups is 1. The highest BCUT2D eigenvalue weighted by Gasteiger charge is 2.26. The van der Waals surface area contributed by atoms with E-state index >= 15 is 0 Å². The van der Waals surface area contributed by atoms with Crippen LogP contribution in [0.1, 0.15) is 17.3 Å². The highest BCUT2D eigenvalue weighted by Crippen LogP contribution is 2.37. The Labute approximate surface area is 137 Å². The highest BCUT2D eigenvalue weighted by molar-refractivity contribution is 8.03. The first-order valence-corrected chi connectivity index (χ1v) is 7.85. The molecule has 0 aliphatic carbocycles. The van der Waals surface area contributed by atoms with E-state index in [1.165, 1.54) is 11.8 Å². The number of amides is 1. The van der Waals surface area contributed by atoms with Crippen LogP contribution in [0, 0.1) is 0 Å². The van der Waals surface area contributed by atoms with Crippen molar-refractivity contribution >= 4 is 40.7 Å². The fraction of sp³-hybridized carbons (Fsp3) is 0.0588. The quantitative estimate of drug-likeness (QED) is 0.650. The van der Waals surface area contributed by atoms with Crippen LogP contribution in [0.15, 0.2) is 63.9 Å². The molecule has 0 bridgehead atoms. The number of rotatable bonds is 2. The van der Waals surface area contributed by atoms with Crippen LogP contribution < -0.4 is 5.32 Å². The summed E-state index contributed by atoms with van der Waals surface area (Å²) in [4.78, 5) is 26.7. The van der Waals surface area contributed by atoms with E-state index in [1.54, 1.807) is 31.2 Å². The van der Waals surface area contributed by atoms with Crippen molar-refractivity contribution in [2.24, 2.45) is 0 Å². The molecule has 3 nitrogen and oxygen atoms in total. The summed E-state index contributed by atoms with van der Waals surface area (Å²) in [5.41, 5.74) is 1.33. The van der Waals surface area contributed by atoms with Crippen molar-refractivity contribution in [3.63, 3.8) is 0 Å². The molecule has 1 N–H and O–H groups in total. The van der Waals surface area contributed by atoms with Gasteiger partial charge in [-0.2, -0.15) is 0 Å². The minimum absolute atomic E-state index is 0.170. The van der Waals surface area contributed by atoms with Gasteiger partial charge in [-0.3, -0.25) is 9.59 Å². The molecule has 0 unspecified atom stereocenters. The molecular formula is C17H12ClNO2S. The molecule has 1 heterocycles. The zero-order valence-corrected chi connectivity index (χ0v) is 13.3. The van der Waals surface area contributed by atoms with Gasteiger partial charge in [-0.1, -0.05) is 35.5 Å². The molecule has 0 spiro atoms. The molecule has 3 rings (SSSR count). The van der Waals surface area contributed by atoms with E-state index in [0.29, 0.717) is 15.5 Å². The minimum atomic E-state index is -0.380. The molecule has 22 heavy (non-hydrogen) atoms. The largest absolute Gasteiger partial charge is 0.321 e. The van der Waals surface area contributed by atoms with Gasteiger partial charge in [0, 0.05) is 20.4 Å². The van der Waals surface area contributed by atoms with Crippen LogP contribution in [-0.2, 0) is 4.79 Å². The lowest BCUT2D eigenvalue weighted by atomic mass is 10.0. The summed E-state index contributed by atoms with van der Waals surface area (Å²) >= 11 is 7.26. The predicted octanol–water partition coefficient (Wildman–Crippen LogP) is 4.54. The molecule has 1 aliphatic heterocycles. The van der Waals surface area contributed by atoms with Crippen LogP contribution in [-0.4, -0.2) is 11.7 Å². The summed E-state index contributed by atoms with van der Waals surface area (Å²) < 4.78 is 0. The molecule has 110 valence electrons. The number of halogens is 1. The second kappa shape index (κ2) is 5.99. The second-order valence-electron chi connectivity index (χ2n) is 4.82. The number of carbonyl (C=O) groups excluding carboxylic acids is 2. The molecule has 0 fully saturated rings. The Morgan fingerprint density at radius 3 is 2.50 bits per heavy atom. The molecule has 0 atom stereocenters. The Kier molecular flexibility index (Phi) is 4.05. The topological polar surface area (TPSA) is 46.2 Å². The Morgan fingerprint density at radius 1 is 1.09 bits per heavy atom. The molecule has 2 aromatic rings. The van der Waals surface area contributed by atoms with Gasteiger partial charge in [-0.15, -0.1) is 0 Å². The van der Waals surface area contributed by atoms with E-state index in [0.717, 1.165) is 10.6 Å². The summed E-state index contributed by atoms with van der Waals surface area (Å²) in [7, 11) is 0. The standard InChI is InChI=1S/C17H12ClNO2S/c1-10-15(16(20)11-6-8-12(18)9-7-11)17(21)19-13-4-2-3-5-14(13)22-10/h2-9H,1H3,(H,19,21). The first-order valence-electron chi connectivity index (χ1n) is 6.65. The molecule has 0 saturated carbocycles. The van der Waals surface area contributed by atoms with Crippen LogP contribution in [0.25, 0.3) is 0 Å². The number of allylic oxidation sites excluding steroid dienone is 1. The van der Waals surface area contributed by atoms with Gasteiger partial charge in [0.25, 0.3) is 5.91 Å². The van der Waals surface area contributed by atoms with Crippen molar-refractivity contribution in [3.05, 3.63) is 69.6 Å². The van der Waals surface area contributed by atoms with Gasteiger partial charge in [0.15, 0.2) is 5.78 Å². The minimum Gasteiger partial charge on any atom is -0.321 e. The predicted molar refractivity (Wildman–Crippen MR) is 89.4 cm³/mol. The van der Waals surface area contributed by atoms with Crippen molar-refractivity contribution in [2.45, 2.75) is 11.8 Å². The zero-order valence-electron chi connectivity index (χ0n) is 11.7. The van der Waals surface area contributed by atoms with Crippen LogP contribution in [0.5, 0.6) is 0 Å². The van der Waals surface area contributed by atoms with Crippen molar-refractivity contribution in [1.29, 1.82) is 0 Å². The van der Waals surface area contributed by atoms with E-state index in [9.17, 15) is 9.59 Å². The molecule has 0 radical (unpaired) electrons. The monoisotopic (exact) mass is 329 g/mol. The van der Waals surface area contributed by atoms with Gasteiger partial charge in [0.2, 0.25) is 0 Å². The second-order valence-corrected chi connectivity index (χ2v) is 6.51. The number of benzene rings is 2. The fourth-order valence-electron chi connectivity index (χ4n) is 2.23.